The maximum atomic E-state index is 12.6. The predicted octanol–water partition coefficient (Wildman–Crippen LogP) is 2.37. The highest BCUT2D eigenvalue weighted by molar-refractivity contribution is 5.98. The molecular formula is C20H20N4O2. The Morgan fingerprint density at radius 1 is 1.15 bits per heavy atom. The van der Waals surface area contributed by atoms with Crippen molar-refractivity contribution in [2.24, 2.45) is 5.92 Å². The van der Waals surface area contributed by atoms with Crippen LogP contribution in [-0.4, -0.2) is 38.7 Å². The van der Waals surface area contributed by atoms with E-state index in [2.05, 4.69) is 10.1 Å². The van der Waals surface area contributed by atoms with Gasteiger partial charge in [-0.1, -0.05) is 18.2 Å². The zero-order valence-electron chi connectivity index (χ0n) is 14.4. The van der Waals surface area contributed by atoms with Crippen molar-refractivity contribution in [1.82, 2.24) is 19.7 Å². The Bertz CT molecular complexity index is 1010. The molecule has 1 aliphatic heterocycles. The smallest absolute Gasteiger partial charge is 0.270 e. The topological polar surface area (TPSA) is 71.0 Å². The molecule has 2 fully saturated rings. The molecule has 1 aliphatic carbocycles. The van der Waals surface area contributed by atoms with E-state index in [1.807, 2.05) is 41.3 Å². The van der Waals surface area contributed by atoms with E-state index < -0.39 is 0 Å². The number of amides is 1. The molecule has 2 aliphatic rings. The second-order valence-corrected chi connectivity index (χ2v) is 7.40. The number of nitrogens with one attached hydrogen (secondary N) is 1. The zero-order valence-corrected chi connectivity index (χ0v) is 14.4. The lowest BCUT2D eigenvalue weighted by molar-refractivity contribution is 0.0453. The number of para-hydroxylation sites is 1. The number of H-pyrrole nitrogens is 1. The van der Waals surface area contributed by atoms with E-state index in [9.17, 15) is 9.59 Å². The van der Waals surface area contributed by atoms with Crippen molar-refractivity contribution >= 4 is 16.8 Å². The first-order valence-corrected chi connectivity index (χ1v) is 9.12. The first-order valence-electron chi connectivity index (χ1n) is 9.12. The van der Waals surface area contributed by atoms with Crippen LogP contribution in [0.15, 0.2) is 47.3 Å². The highest BCUT2D eigenvalue weighted by atomic mass is 16.2. The first-order chi connectivity index (χ1) is 12.7. The molecule has 132 valence electrons. The van der Waals surface area contributed by atoms with Crippen molar-refractivity contribution < 1.29 is 4.79 Å². The Labute approximate surface area is 150 Å². The molecule has 0 spiro atoms. The van der Waals surface area contributed by atoms with Gasteiger partial charge < -0.3 is 9.88 Å². The number of hydrogen-bond donors (Lipinski definition) is 1. The largest absolute Gasteiger partial charge is 0.351 e. The molecule has 26 heavy (non-hydrogen) atoms. The average molecular weight is 348 g/mol. The summed E-state index contributed by atoms with van der Waals surface area (Å²) in [5.74, 6) is 0.829. The first kappa shape index (κ1) is 15.4. The summed E-state index contributed by atoms with van der Waals surface area (Å²) in [6, 6.07) is 13.2. The van der Waals surface area contributed by atoms with Gasteiger partial charge in [0, 0.05) is 41.9 Å². The molecule has 1 amide bonds. The summed E-state index contributed by atoms with van der Waals surface area (Å²) in [5.41, 5.74) is 2.56. The minimum Gasteiger partial charge on any atom is -0.351 e. The third kappa shape index (κ3) is 2.71. The minimum atomic E-state index is -0.0604. The Morgan fingerprint density at radius 2 is 1.96 bits per heavy atom. The molecule has 3 heterocycles. The van der Waals surface area contributed by atoms with E-state index >= 15 is 0 Å². The van der Waals surface area contributed by atoms with Crippen LogP contribution in [0.25, 0.3) is 10.9 Å². The molecule has 1 saturated carbocycles. The molecule has 1 aromatic carbocycles. The number of aromatic nitrogens is 3. The SMILES string of the molecule is O=C(c1cc2ccccc2[nH]1)N1CC(Cn2nc(C3CC3)ccc2=O)C1. The molecule has 0 unspecified atom stereocenters. The third-order valence-corrected chi connectivity index (χ3v) is 5.32. The van der Waals surface area contributed by atoms with Gasteiger partial charge in [0.15, 0.2) is 0 Å². The molecule has 0 radical (unpaired) electrons. The van der Waals surface area contributed by atoms with Crippen LogP contribution in [0.5, 0.6) is 0 Å². The number of carbonyl (C=O) groups excluding carboxylic acids is 1. The predicted molar refractivity (Wildman–Crippen MR) is 98.2 cm³/mol. The van der Waals surface area contributed by atoms with E-state index in [-0.39, 0.29) is 17.4 Å². The average Bonchev–Trinajstić information content (AvgIpc) is 3.36. The molecule has 6 nitrogen and oxygen atoms in total. The lowest BCUT2D eigenvalue weighted by Gasteiger charge is -2.39. The van der Waals surface area contributed by atoms with Crippen LogP contribution >= 0.6 is 0 Å². The van der Waals surface area contributed by atoms with Crippen LogP contribution in [0.4, 0.5) is 0 Å². The zero-order chi connectivity index (χ0) is 17.7. The summed E-state index contributed by atoms with van der Waals surface area (Å²) >= 11 is 0. The normalized spacial score (nSPS) is 17.5. The van der Waals surface area contributed by atoms with Crippen LogP contribution in [0.2, 0.25) is 0 Å². The third-order valence-electron chi connectivity index (χ3n) is 5.32. The van der Waals surface area contributed by atoms with Crippen molar-refractivity contribution in [1.29, 1.82) is 0 Å². The fourth-order valence-corrected chi connectivity index (χ4v) is 3.65. The van der Waals surface area contributed by atoms with Crippen LogP contribution in [0.1, 0.15) is 34.9 Å². The van der Waals surface area contributed by atoms with Crippen molar-refractivity contribution in [2.45, 2.75) is 25.3 Å². The maximum Gasteiger partial charge on any atom is 0.270 e. The second kappa shape index (κ2) is 5.83. The monoisotopic (exact) mass is 348 g/mol. The van der Waals surface area contributed by atoms with Gasteiger partial charge in [-0.15, -0.1) is 0 Å². The van der Waals surface area contributed by atoms with Crippen LogP contribution < -0.4 is 5.56 Å². The Balaban J connectivity index is 1.25. The lowest BCUT2D eigenvalue weighted by atomic mass is 9.99. The number of likely N-dealkylation sites (tertiary alicyclic amines) is 1. The van der Waals surface area contributed by atoms with Gasteiger partial charge >= 0.3 is 0 Å². The number of carbonyl (C=O) groups is 1. The van der Waals surface area contributed by atoms with E-state index in [1.54, 1.807) is 10.7 Å². The molecule has 5 rings (SSSR count). The highest BCUT2D eigenvalue weighted by Gasteiger charge is 2.33. The van der Waals surface area contributed by atoms with Gasteiger partial charge in [-0.05, 0) is 31.0 Å². The quantitative estimate of drug-likeness (QED) is 0.787. The standard InChI is InChI=1S/C20H20N4O2/c25-19-8-7-17(14-5-6-14)22-24(19)12-13-10-23(11-13)20(26)18-9-15-3-1-2-4-16(15)21-18/h1-4,7-9,13-14,21H,5-6,10-12H2. The van der Waals surface area contributed by atoms with Crippen molar-refractivity contribution in [3.8, 4) is 0 Å². The number of aromatic amines is 1. The van der Waals surface area contributed by atoms with E-state index in [1.165, 1.54) is 12.8 Å². The van der Waals surface area contributed by atoms with E-state index in [0.29, 0.717) is 31.2 Å². The number of rotatable bonds is 4. The van der Waals surface area contributed by atoms with Gasteiger partial charge in [0.1, 0.15) is 5.69 Å². The molecule has 0 bridgehead atoms. The Kier molecular flexibility index (Phi) is 3.45. The summed E-state index contributed by atoms with van der Waals surface area (Å²) < 4.78 is 1.57. The van der Waals surface area contributed by atoms with Crippen LogP contribution in [0, 0.1) is 5.92 Å². The molecule has 1 N–H and O–H groups in total. The van der Waals surface area contributed by atoms with Crippen molar-refractivity contribution in [3.63, 3.8) is 0 Å². The molecule has 3 aromatic rings. The summed E-state index contributed by atoms with van der Waals surface area (Å²) in [6.45, 7) is 1.90. The fraction of sp³-hybridized carbons (Fsp3) is 0.350. The lowest BCUT2D eigenvalue weighted by Crippen LogP contribution is -2.52. The van der Waals surface area contributed by atoms with Gasteiger partial charge in [-0.3, -0.25) is 9.59 Å². The molecular weight excluding hydrogens is 328 g/mol. The number of fused-ring (bicyclic) bond motifs is 1. The van der Waals surface area contributed by atoms with Gasteiger partial charge in [0.05, 0.1) is 12.2 Å². The van der Waals surface area contributed by atoms with Gasteiger partial charge in [-0.25, -0.2) is 4.68 Å². The fourth-order valence-electron chi connectivity index (χ4n) is 3.65. The minimum absolute atomic E-state index is 0.0180. The van der Waals surface area contributed by atoms with Gasteiger partial charge in [0.2, 0.25) is 0 Å². The summed E-state index contributed by atoms with van der Waals surface area (Å²) in [4.78, 5) is 29.7. The van der Waals surface area contributed by atoms with Gasteiger partial charge in [0.25, 0.3) is 11.5 Å². The van der Waals surface area contributed by atoms with E-state index in [4.69, 9.17) is 0 Å². The Hall–Kier alpha value is -2.89. The number of benzene rings is 1. The molecule has 6 heteroatoms. The molecule has 2 aromatic heterocycles. The highest BCUT2D eigenvalue weighted by Crippen LogP contribution is 2.38. The summed E-state index contributed by atoms with van der Waals surface area (Å²) in [7, 11) is 0. The van der Waals surface area contributed by atoms with Gasteiger partial charge in [-0.2, -0.15) is 5.10 Å². The Morgan fingerprint density at radius 3 is 2.73 bits per heavy atom. The summed E-state index contributed by atoms with van der Waals surface area (Å²) in [6.07, 6.45) is 2.34. The van der Waals surface area contributed by atoms with Crippen LogP contribution in [-0.2, 0) is 6.54 Å². The van der Waals surface area contributed by atoms with Crippen molar-refractivity contribution in [2.75, 3.05) is 13.1 Å². The summed E-state index contributed by atoms with van der Waals surface area (Å²) in [5, 5.41) is 5.55. The van der Waals surface area contributed by atoms with Crippen LogP contribution in [0.3, 0.4) is 0 Å². The number of nitrogens with zero attached hydrogens (tertiary/aromatic N) is 3. The maximum absolute atomic E-state index is 12.6. The van der Waals surface area contributed by atoms with E-state index in [0.717, 1.165) is 16.6 Å². The molecule has 0 atom stereocenters. The van der Waals surface area contributed by atoms with Crippen molar-refractivity contribution in [3.05, 3.63) is 64.2 Å². The number of hydrogen-bond acceptors (Lipinski definition) is 3. The second-order valence-electron chi connectivity index (χ2n) is 7.40. The molecule has 1 saturated heterocycles.